The lowest BCUT2D eigenvalue weighted by Crippen LogP contribution is -2.35. The van der Waals surface area contributed by atoms with Crippen molar-refractivity contribution in [2.24, 2.45) is 5.73 Å². The predicted octanol–water partition coefficient (Wildman–Crippen LogP) is -0.880. The molecular formula is C9H14N4O2S. The molecule has 1 aromatic heterocycles. The minimum absolute atomic E-state index is 0.0426. The summed E-state index contributed by atoms with van der Waals surface area (Å²) < 4.78 is 0. The molecule has 0 fully saturated rings. The Kier molecular flexibility index (Phi) is 4.87. The van der Waals surface area contributed by atoms with Crippen molar-refractivity contribution < 1.29 is 9.59 Å². The molecule has 7 heteroatoms. The Hall–Kier alpha value is -1.47. The van der Waals surface area contributed by atoms with Crippen LogP contribution in [-0.2, 0) is 11.2 Å². The van der Waals surface area contributed by atoms with E-state index < -0.39 is 0 Å². The molecule has 0 atom stereocenters. The smallest absolute Gasteiger partial charge is 0.271 e. The SMILES string of the molecule is CNC(=O)CNC(=O)c1csc(CCN)n1. The van der Waals surface area contributed by atoms with E-state index in [1.165, 1.54) is 18.4 Å². The normalized spacial score (nSPS) is 9.88. The van der Waals surface area contributed by atoms with Crippen molar-refractivity contribution in [1.82, 2.24) is 15.6 Å². The third-order valence-electron chi connectivity index (χ3n) is 1.83. The number of hydrogen-bond acceptors (Lipinski definition) is 5. The number of nitrogens with zero attached hydrogens (tertiary/aromatic N) is 1. The molecule has 16 heavy (non-hydrogen) atoms. The lowest BCUT2D eigenvalue weighted by Gasteiger charge is -2.01. The van der Waals surface area contributed by atoms with Gasteiger partial charge in [-0.2, -0.15) is 0 Å². The van der Waals surface area contributed by atoms with E-state index in [1.54, 1.807) is 5.38 Å². The summed E-state index contributed by atoms with van der Waals surface area (Å²) in [6.07, 6.45) is 0.660. The van der Waals surface area contributed by atoms with Crippen molar-refractivity contribution in [3.63, 3.8) is 0 Å². The van der Waals surface area contributed by atoms with Crippen molar-refractivity contribution in [1.29, 1.82) is 0 Å². The Morgan fingerprint density at radius 3 is 2.94 bits per heavy atom. The van der Waals surface area contributed by atoms with Gasteiger partial charge in [0.05, 0.1) is 11.6 Å². The zero-order chi connectivity index (χ0) is 12.0. The summed E-state index contributed by atoms with van der Waals surface area (Å²) in [4.78, 5) is 26.5. The van der Waals surface area contributed by atoms with Crippen LogP contribution in [0.15, 0.2) is 5.38 Å². The molecular weight excluding hydrogens is 228 g/mol. The van der Waals surface area contributed by atoms with Crippen LogP contribution in [-0.4, -0.2) is 36.9 Å². The maximum atomic E-state index is 11.5. The van der Waals surface area contributed by atoms with E-state index >= 15 is 0 Å². The molecule has 0 radical (unpaired) electrons. The monoisotopic (exact) mass is 242 g/mol. The minimum atomic E-state index is -0.344. The zero-order valence-electron chi connectivity index (χ0n) is 8.95. The van der Waals surface area contributed by atoms with Gasteiger partial charge in [-0.05, 0) is 6.54 Å². The summed E-state index contributed by atoms with van der Waals surface area (Å²) in [5.74, 6) is -0.589. The van der Waals surface area contributed by atoms with Gasteiger partial charge in [-0.1, -0.05) is 0 Å². The summed E-state index contributed by atoms with van der Waals surface area (Å²) in [5.41, 5.74) is 5.71. The largest absolute Gasteiger partial charge is 0.358 e. The van der Waals surface area contributed by atoms with Crippen LogP contribution in [0, 0.1) is 0 Å². The van der Waals surface area contributed by atoms with E-state index in [1.807, 2.05) is 0 Å². The molecule has 6 nitrogen and oxygen atoms in total. The third-order valence-corrected chi connectivity index (χ3v) is 2.74. The Bertz CT molecular complexity index is 377. The maximum Gasteiger partial charge on any atom is 0.271 e. The molecule has 0 aliphatic heterocycles. The molecule has 0 saturated heterocycles. The number of hydrogen-bond donors (Lipinski definition) is 3. The van der Waals surface area contributed by atoms with Crippen LogP contribution in [0.1, 0.15) is 15.5 Å². The van der Waals surface area contributed by atoms with Crippen molar-refractivity contribution in [2.75, 3.05) is 20.1 Å². The Morgan fingerprint density at radius 1 is 1.56 bits per heavy atom. The molecule has 0 aliphatic carbocycles. The summed E-state index contributed by atoms with van der Waals surface area (Å²) in [7, 11) is 1.51. The van der Waals surface area contributed by atoms with Gasteiger partial charge in [0.15, 0.2) is 0 Å². The number of likely N-dealkylation sites (N-methyl/N-ethyl adjacent to an activating group) is 1. The van der Waals surface area contributed by atoms with Crippen LogP contribution < -0.4 is 16.4 Å². The molecule has 0 aromatic carbocycles. The first-order valence-corrected chi connectivity index (χ1v) is 5.68. The molecule has 4 N–H and O–H groups in total. The van der Waals surface area contributed by atoms with Crippen molar-refractivity contribution in [3.05, 3.63) is 16.1 Å². The lowest BCUT2D eigenvalue weighted by molar-refractivity contribution is -0.119. The van der Waals surface area contributed by atoms with Crippen LogP contribution in [0.3, 0.4) is 0 Å². The number of amides is 2. The van der Waals surface area contributed by atoms with E-state index in [9.17, 15) is 9.59 Å². The van der Waals surface area contributed by atoms with Crippen LogP contribution in [0.5, 0.6) is 0 Å². The van der Waals surface area contributed by atoms with Gasteiger partial charge in [0.2, 0.25) is 5.91 Å². The van der Waals surface area contributed by atoms with Crippen molar-refractivity contribution >= 4 is 23.2 Å². The first-order chi connectivity index (χ1) is 7.67. The first kappa shape index (κ1) is 12.6. The van der Waals surface area contributed by atoms with Crippen molar-refractivity contribution in [3.8, 4) is 0 Å². The summed E-state index contributed by atoms with van der Waals surface area (Å²) in [5, 5.41) is 7.36. The second-order valence-electron chi connectivity index (χ2n) is 3.02. The second-order valence-corrected chi connectivity index (χ2v) is 3.96. The van der Waals surface area contributed by atoms with Crippen molar-refractivity contribution in [2.45, 2.75) is 6.42 Å². The predicted molar refractivity (Wildman–Crippen MR) is 61.3 cm³/mol. The van der Waals surface area contributed by atoms with Gasteiger partial charge in [-0.3, -0.25) is 9.59 Å². The number of nitrogens with one attached hydrogen (secondary N) is 2. The summed E-state index contributed by atoms with van der Waals surface area (Å²) >= 11 is 1.39. The Labute approximate surface area is 97.2 Å². The quantitative estimate of drug-likeness (QED) is 0.624. The zero-order valence-corrected chi connectivity index (χ0v) is 9.76. The summed E-state index contributed by atoms with van der Waals surface area (Å²) in [6, 6.07) is 0. The molecule has 0 unspecified atom stereocenters. The van der Waals surface area contributed by atoms with Crippen LogP contribution in [0.4, 0.5) is 0 Å². The number of nitrogens with two attached hydrogens (primary N) is 1. The Balaban J connectivity index is 2.49. The minimum Gasteiger partial charge on any atom is -0.358 e. The number of carbonyl (C=O) groups excluding carboxylic acids is 2. The fourth-order valence-electron chi connectivity index (χ4n) is 0.993. The highest BCUT2D eigenvalue weighted by Crippen LogP contribution is 2.09. The molecule has 0 saturated carbocycles. The number of thiazole rings is 1. The number of carbonyl (C=O) groups is 2. The molecule has 1 aromatic rings. The first-order valence-electron chi connectivity index (χ1n) is 4.80. The van der Waals surface area contributed by atoms with E-state index in [0.29, 0.717) is 18.7 Å². The molecule has 0 bridgehead atoms. The fourth-order valence-corrected chi connectivity index (χ4v) is 1.79. The van der Waals surface area contributed by atoms with E-state index in [-0.39, 0.29) is 18.4 Å². The second kappa shape index (κ2) is 6.19. The van der Waals surface area contributed by atoms with Gasteiger partial charge >= 0.3 is 0 Å². The topological polar surface area (TPSA) is 97.1 Å². The van der Waals surface area contributed by atoms with Gasteiger partial charge in [0.25, 0.3) is 5.91 Å². The van der Waals surface area contributed by atoms with Gasteiger partial charge in [0, 0.05) is 18.8 Å². The van der Waals surface area contributed by atoms with E-state index in [4.69, 9.17) is 5.73 Å². The van der Waals surface area contributed by atoms with Crippen LogP contribution in [0.2, 0.25) is 0 Å². The number of rotatable bonds is 5. The molecule has 88 valence electrons. The molecule has 0 aliphatic rings. The molecule has 2 amide bonds. The third kappa shape index (κ3) is 3.59. The molecule has 1 rings (SSSR count). The summed E-state index contributed by atoms with van der Waals surface area (Å²) in [6.45, 7) is 0.464. The highest BCUT2D eigenvalue weighted by Gasteiger charge is 2.10. The van der Waals surface area contributed by atoms with Crippen LogP contribution in [0.25, 0.3) is 0 Å². The molecule has 1 heterocycles. The van der Waals surface area contributed by atoms with Gasteiger partial charge in [-0.25, -0.2) is 4.98 Å². The van der Waals surface area contributed by atoms with E-state index in [2.05, 4.69) is 15.6 Å². The fraction of sp³-hybridized carbons (Fsp3) is 0.444. The highest BCUT2D eigenvalue weighted by atomic mass is 32.1. The number of aromatic nitrogens is 1. The average molecular weight is 242 g/mol. The standard InChI is InChI=1S/C9H14N4O2S/c1-11-7(14)4-12-9(15)6-5-16-8(13-6)2-3-10/h5H,2-4,10H2,1H3,(H,11,14)(H,12,15). The van der Waals surface area contributed by atoms with Gasteiger partial charge in [-0.15, -0.1) is 11.3 Å². The average Bonchev–Trinajstić information content (AvgIpc) is 2.74. The maximum absolute atomic E-state index is 11.5. The lowest BCUT2D eigenvalue weighted by atomic mass is 10.4. The van der Waals surface area contributed by atoms with Crippen LogP contribution >= 0.6 is 11.3 Å². The van der Waals surface area contributed by atoms with Gasteiger partial charge in [0.1, 0.15) is 5.69 Å². The Morgan fingerprint density at radius 2 is 2.31 bits per heavy atom. The highest BCUT2D eigenvalue weighted by molar-refractivity contribution is 7.09. The van der Waals surface area contributed by atoms with E-state index in [0.717, 1.165) is 5.01 Å². The van der Waals surface area contributed by atoms with Gasteiger partial charge < -0.3 is 16.4 Å². The molecule has 0 spiro atoms.